The van der Waals surface area contributed by atoms with Crippen molar-refractivity contribution in [2.45, 2.75) is 25.8 Å². The normalized spacial score (nSPS) is 19.6. The second-order valence-corrected chi connectivity index (χ2v) is 6.09. The van der Waals surface area contributed by atoms with Crippen molar-refractivity contribution in [2.24, 2.45) is 5.41 Å². The molecule has 1 saturated heterocycles. The van der Waals surface area contributed by atoms with Crippen LogP contribution in [0.2, 0.25) is 0 Å². The molecular weight excluding hydrogens is 246 g/mol. The van der Waals surface area contributed by atoms with Crippen LogP contribution in [0, 0.1) is 5.41 Å². The Balaban J connectivity index is 2.27. The molecule has 0 radical (unpaired) electrons. The molecule has 1 N–H and O–H groups in total. The lowest BCUT2D eigenvalue weighted by atomic mass is 9.66. The largest absolute Gasteiger partial charge is 0.342 e. The summed E-state index contributed by atoms with van der Waals surface area (Å²) in [6.07, 6.45) is 0.538. The summed E-state index contributed by atoms with van der Waals surface area (Å²) < 4.78 is 0. The summed E-state index contributed by atoms with van der Waals surface area (Å²) in [5.41, 5.74) is 1.66. The molecule has 2 aromatic carbocycles. The SMILES string of the molecule is CC1(C)CC(=O)NC1(c1ccccc1)c1ccccc1. The predicted molar refractivity (Wildman–Crippen MR) is 80.2 cm³/mol. The summed E-state index contributed by atoms with van der Waals surface area (Å²) in [4.78, 5) is 12.1. The lowest BCUT2D eigenvalue weighted by Crippen LogP contribution is -2.48. The van der Waals surface area contributed by atoms with Crippen molar-refractivity contribution in [3.05, 3.63) is 71.8 Å². The van der Waals surface area contributed by atoms with Crippen molar-refractivity contribution in [3.8, 4) is 0 Å². The van der Waals surface area contributed by atoms with Gasteiger partial charge in [-0.25, -0.2) is 0 Å². The summed E-state index contributed by atoms with van der Waals surface area (Å²) in [6.45, 7) is 4.32. The fourth-order valence-corrected chi connectivity index (χ4v) is 3.43. The Kier molecular flexibility index (Phi) is 2.89. The van der Waals surface area contributed by atoms with Gasteiger partial charge in [0, 0.05) is 11.8 Å². The lowest BCUT2D eigenvalue weighted by molar-refractivity contribution is -0.119. The number of nitrogens with one attached hydrogen (secondary N) is 1. The Morgan fingerprint density at radius 1 is 0.850 bits per heavy atom. The van der Waals surface area contributed by atoms with E-state index >= 15 is 0 Å². The number of benzene rings is 2. The maximum absolute atomic E-state index is 12.1. The standard InChI is InChI=1S/C18H19NO/c1-17(2)13-16(20)19-18(17,14-9-5-3-6-10-14)15-11-7-4-8-12-15/h3-12H,13H2,1-2H3,(H,19,20). The van der Waals surface area contributed by atoms with Crippen molar-refractivity contribution < 1.29 is 4.79 Å². The highest BCUT2D eigenvalue weighted by molar-refractivity contribution is 5.82. The highest BCUT2D eigenvalue weighted by Gasteiger charge is 2.54. The Hall–Kier alpha value is -2.09. The van der Waals surface area contributed by atoms with Crippen molar-refractivity contribution in [2.75, 3.05) is 0 Å². The fourth-order valence-electron chi connectivity index (χ4n) is 3.43. The molecule has 0 bridgehead atoms. The van der Waals surface area contributed by atoms with Gasteiger partial charge in [0.2, 0.25) is 5.91 Å². The number of hydrogen-bond acceptors (Lipinski definition) is 1. The topological polar surface area (TPSA) is 29.1 Å². The molecule has 0 unspecified atom stereocenters. The molecule has 0 spiro atoms. The van der Waals surface area contributed by atoms with Gasteiger partial charge in [0.05, 0.1) is 5.54 Å². The zero-order valence-corrected chi connectivity index (χ0v) is 11.9. The maximum Gasteiger partial charge on any atom is 0.221 e. The minimum atomic E-state index is -0.452. The van der Waals surface area contributed by atoms with Crippen LogP contribution >= 0.6 is 0 Å². The first-order valence-electron chi connectivity index (χ1n) is 6.98. The summed E-state index contributed by atoms with van der Waals surface area (Å²) >= 11 is 0. The number of rotatable bonds is 2. The van der Waals surface area contributed by atoms with Gasteiger partial charge in [-0.3, -0.25) is 4.79 Å². The Morgan fingerprint density at radius 3 is 1.65 bits per heavy atom. The van der Waals surface area contributed by atoms with E-state index in [9.17, 15) is 4.79 Å². The van der Waals surface area contributed by atoms with Crippen LogP contribution in [0.5, 0.6) is 0 Å². The molecule has 1 aliphatic rings. The minimum Gasteiger partial charge on any atom is -0.342 e. The molecule has 2 nitrogen and oxygen atoms in total. The molecule has 2 heteroatoms. The van der Waals surface area contributed by atoms with E-state index < -0.39 is 5.54 Å². The summed E-state index contributed by atoms with van der Waals surface area (Å²) in [5, 5.41) is 3.25. The van der Waals surface area contributed by atoms with Gasteiger partial charge in [0.25, 0.3) is 0 Å². The first kappa shape index (κ1) is 12.9. The van der Waals surface area contributed by atoms with Gasteiger partial charge >= 0.3 is 0 Å². The van der Waals surface area contributed by atoms with Crippen LogP contribution < -0.4 is 5.32 Å². The van der Waals surface area contributed by atoms with Crippen LogP contribution in [0.25, 0.3) is 0 Å². The molecule has 0 aliphatic carbocycles. The van der Waals surface area contributed by atoms with Gasteiger partial charge in [-0.15, -0.1) is 0 Å². The maximum atomic E-state index is 12.1. The molecule has 1 amide bonds. The Labute approximate surface area is 119 Å². The van der Waals surface area contributed by atoms with Crippen molar-refractivity contribution in [3.63, 3.8) is 0 Å². The van der Waals surface area contributed by atoms with Gasteiger partial charge in [-0.2, -0.15) is 0 Å². The van der Waals surface area contributed by atoms with Gasteiger partial charge in [-0.1, -0.05) is 74.5 Å². The van der Waals surface area contributed by atoms with Crippen molar-refractivity contribution in [1.82, 2.24) is 5.32 Å². The molecule has 0 saturated carbocycles. The van der Waals surface area contributed by atoms with E-state index in [1.165, 1.54) is 0 Å². The van der Waals surface area contributed by atoms with Crippen LogP contribution in [-0.2, 0) is 10.3 Å². The zero-order valence-electron chi connectivity index (χ0n) is 11.9. The van der Waals surface area contributed by atoms with Crippen molar-refractivity contribution >= 4 is 5.91 Å². The summed E-state index contributed by atoms with van der Waals surface area (Å²) in [5.74, 6) is 0.114. The highest BCUT2D eigenvalue weighted by atomic mass is 16.2. The van der Waals surface area contributed by atoms with Gasteiger partial charge < -0.3 is 5.32 Å². The van der Waals surface area contributed by atoms with Crippen molar-refractivity contribution in [1.29, 1.82) is 0 Å². The lowest BCUT2D eigenvalue weighted by Gasteiger charge is -2.41. The van der Waals surface area contributed by atoms with E-state index in [0.717, 1.165) is 11.1 Å². The smallest absolute Gasteiger partial charge is 0.221 e. The van der Waals surface area contributed by atoms with Crippen LogP contribution in [0.3, 0.4) is 0 Å². The minimum absolute atomic E-state index is 0.114. The molecule has 2 aromatic rings. The quantitative estimate of drug-likeness (QED) is 0.885. The monoisotopic (exact) mass is 265 g/mol. The Bertz CT molecular complexity index is 577. The molecule has 3 rings (SSSR count). The summed E-state index contributed by atoms with van der Waals surface area (Å²) in [6, 6.07) is 20.5. The third-order valence-corrected chi connectivity index (χ3v) is 4.36. The predicted octanol–water partition coefficient (Wildman–Crippen LogP) is 3.48. The molecule has 1 aliphatic heterocycles. The molecular formula is C18H19NO. The zero-order chi connectivity index (χ0) is 14.2. The second kappa shape index (κ2) is 4.48. The van der Waals surface area contributed by atoms with Crippen LogP contribution in [-0.4, -0.2) is 5.91 Å². The number of carbonyl (C=O) groups is 1. The van der Waals surface area contributed by atoms with Gasteiger partial charge in [-0.05, 0) is 11.1 Å². The third kappa shape index (κ3) is 1.75. The van der Waals surface area contributed by atoms with E-state index in [1.54, 1.807) is 0 Å². The van der Waals surface area contributed by atoms with Crippen LogP contribution in [0.15, 0.2) is 60.7 Å². The molecule has 0 atom stereocenters. The highest BCUT2D eigenvalue weighted by Crippen LogP contribution is 2.50. The van der Waals surface area contributed by atoms with Crippen LogP contribution in [0.4, 0.5) is 0 Å². The van der Waals surface area contributed by atoms with Gasteiger partial charge in [0.15, 0.2) is 0 Å². The van der Waals surface area contributed by atoms with E-state index in [-0.39, 0.29) is 11.3 Å². The molecule has 1 fully saturated rings. The van der Waals surface area contributed by atoms with Gasteiger partial charge in [0.1, 0.15) is 0 Å². The van der Waals surface area contributed by atoms with E-state index in [2.05, 4.69) is 43.4 Å². The second-order valence-electron chi connectivity index (χ2n) is 6.09. The van der Waals surface area contributed by atoms with Crippen LogP contribution in [0.1, 0.15) is 31.4 Å². The fraction of sp³-hybridized carbons (Fsp3) is 0.278. The average Bonchev–Trinajstić information content (AvgIpc) is 2.70. The molecule has 0 aromatic heterocycles. The molecule has 20 heavy (non-hydrogen) atoms. The number of hydrogen-bond donors (Lipinski definition) is 1. The van der Waals surface area contributed by atoms with E-state index in [4.69, 9.17) is 0 Å². The number of carbonyl (C=O) groups excluding carboxylic acids is 1. The molecule has 1 heterocycles. The first-order chi connectivity index (χ1) is 9.56. The molecule has 102 valence electrons. The first-order valence-corrected chi connectivity index (χ1v) is 6.98. The number of amides is 1. The Morgan fingerprint density at radius 2 is 1.30 bits per heavy atom. The van der Waals surface area contributed by atoms with E-state index in [0.29, 0.717) is 6.42 Å². The summed E-state index contributed by atoms with van der Waals surface area (Å²) in [7, 11) is 0. The van der Waals surface area contributed by atoms with E-state index in [1.807, 2.05) is 36.4 Å². The third-order valence-electron chi connectivity index (χ3n) is 4.36. The average molecular weight is 265 g/mol.